The van der Waals surface area contributed by atoms with Crippen molar-refractivity contribution in [3.8, 4) is 0 Å². The Kier molecular flexibility index (Phi) is 5.53. The van der Waals surface area contributed by atoms with E-state index in [4.69, 9.17) is 0 Å². The van der Waals surface area contributed by atoms with Crippen molar-refractivity contribution in [2.45, 2.75) is 0 Å². The fourth-order valence-electron chi connectivity index (χ4n) is 1.35. The lowest BCUT2D eigenvalue weighted by Gasteiger charge is -2.15. The van der Waals surface area contributed by atoms with E-state index in [1.165, 1.54) is 0 Å². The molecule has 0 radical (unpaired) electrons. The van der Waals surface area contributed by atoms with Gasteiger partial charge in [-0.2, -0.15) is 0 Å². The summed E-state index contributed by atoms with van der Waals surface area (Å²) in [6.45, 7) is 2.16. The Morgan fingerprint density at radius 3 is 2.62 bits per heavy atom. The van der Waals surface area contributed by atoms with Crippen LogP contribution in [0.5, 0.6) is 0 Å². The second-order valence-corrected chi connectivity index (χ2v) is 3.76. The van der Waals surface area contributed by atoms with Crippen molar-refractivity contribution in [2.24, 2.45) is 0 Å². The van der Waals surface area contributed by atoms with Crippen LogP contribution in [0.25, 0.3) is 0 Å². The zero-order chi connectivity index (χ0) is 11.8. The molecule has 0 saturated carbocycles. The zero-order valence-electron chi connectivity index (χ0n) is 9.86. The van der Waals surface area contributed by atoms with Gasteiger partial charge in [0, 0.05) is 18.8 Å². The molecule has 1 amide bonds. The van der Waals surface area contributed by atoms with Gasteiger partial charge in [-0.1, -0.05) is 18.2 Å². The molecular formula is C12H19N3O. The number of rotatable bonds is 6. The third-order valence-electron chi connectivity index (χ3n) is 2.21. The van der Waals surface area contributed by atoms with Gasteiger partial charge in [0.2, 0.25) is 5.91 Å². The average Bonchev–Trinajstić information content (AvgIpc) is 2.27. The molecule has 0 bridgehead atoms. The van der Waals surface area contributed by atoms with Gasteiger partial charge in [0.05, 0.1) is 6.54 Å². The van der Waals surface area contributed by atoms with Gasteiger partial charge in [-0.25, -0.2) is 0 Å². The molecule has 2 N–H and O–H groups in total. The number of amides is 1. The Morgan fingerprint density at radius 1 is 1.31 bits per heavy atom. The molecule has 0 aliphatic carbocycles. The SMILES string of the molecule is CNCCN(C)CC(=O)Nc1ccccc1. The minimum Gasteiger partial charge on any atom is -0.325 e. The summed E-state index contributed by atoms with van der Waals surface area (Å²) in [4.78, 5) is 13.6. The van der Waals surface area contributed by atoms with Crippen LogP contribution in [0.2, 0.25) is 0 Å². The highest BCUT2D eigenvalue weighted by Crippen LogP contribution is 2.04. The number of hydrogen-bond acceptors (Lipinski definition) is 3. The van der Waals surface area contributed by atoms with Gasteiger partial charge in [-0.05, 0) is 26.2 Å². The Labute approximate surface area is 96.6 Å². The lowest BCUT2D eigenvalue weighted by Crippen LogP contribution is -2.34. The molecular weight excluding hydrogens is 202 g/mol. The number of para-hydroxylation sites is 1. The first-order valence-corrected chi connectivity index (χ1v) is 5.40. The summed E-state index contributed by atoms with van der Waals surface area (Å²) in [6.07, 6.45) is 0. The first-order chi connectivity index (χ1) is 7.72. The largest absolute Gasteiger partial charge is 0.325 e. The highest BCUT2D eigenvalue weighted by Gasteiger charge is 2.05. The fourth-order valence-corrected chi connectivity index (χ4v) is 1.35. The number of anilines is 1. The van der Waals surface area contributed by atoms with E-state index < -0.39 is 0 Å². The third kappa shape index (κ3) is 4.91. The molecule has 0 spiro atoms. The molecule has 0 aliphatic heterocycles. The van der Waals surface area contributed by atoms with E-state index in [-0.39, 0.29) is 5.91 Å². The van der Waals surface area contributed by atoms with Crippen LogP contribution >= 0.6 is 0 Å². The van der Waals surface area contributed by atoms with E-state index >= 15 is 0 Å². The summed E-state index contributed by atoms with van der Waals surface area (Å²) in [5, 5.41) is 5.90. The molecule has 1 rings (SSSR count). The van der Waals surface area contributed by atoms with Crippen LogP contribution in [0.1, 0.15) is 0 Å². The Hall–Kier alpha value is -1.39. The maximum Gasteiger partial charge on any atom is 0.238 e. The van der Waals surface area contributed by atoms with Crippen molar-refractivity contribution >= 4 is 11.6 Å². The lowest BCUT2D eigenvalue weighted by atomic mass is 10.3. The summed E-state index contributed by atoms with van der Waals surface area (Å²) < 4.78 is 0. The van der Waals surface area contributed by atoms with E-state index in [1.54, 1.807) is 0 Å². The molecule has 4 heteroatoms. The first-order valence-electron chi connectivity index (χ1n) is 5.40. The van der Waals surface area contributed by atoms with Gasteiger partial charge in [0.15, 0.2) is 0 Å². The predicted octanol–water partition coefficient (Wildman–Crippen LogP) is 0.776. The number of nitrogens with one attached hydrogen (secondary N) is 2. The van der Waals surface area contributed by atoms with Crippen molar-refractivity contribution in [3.05, 3.63) is 30.3 Å². The first kappa shape index (κ1) is 12.7. The molecule has 1 aromatic carbocycles. The van der Waals surface area contributed by atoms with Crippen molar-refractivity contribution in [1.82, 2.24) is 10.2 Å². The van der Waals surface area contributed by atoms with Crippen molar-refractivity contribution in [1.29, 1.82) is 0 Å². The van der Waals surface area contributed by atoms with Crippen LogP contribution < -0.4 is 10.6 Å². The zero-order valence-corrected chi connectivity index (χ0v) is 9.86. The van der Waals surface area contributed by atoms with Gasteiger partial charge < -0.3 is 10.6 Å². The molecule has 0 aliphatic rings. The smallest absolute Gasteiger partial charge is 0.238 e. The van der Waals surface area contributed by atoms with Crippen molar-refractivity contribution in [2.75, 3.05) is 39.0 Å². The van der Waals surface area contributed by atoms with Gasteiger partial charge in [0.25, 0.3) is 0 Å². The topological polar surface area (TPSA) is 44.4 Å². The van der Waals surface area contributed by atoms with Crippen molar-refractivity contribution in [3.63, 3.8) is 0 Å². The Bertz CT molecular complexity index is 313. The highest BCUT2D eigenvalue weighted by atomic mass is 16.2. The van der Waals surface area contributed by atoms with Gasteiger partial charge in [-0.15, -0.1) is 0 Å². The maximum atomic E-state index is 11.6. The van der Waals surface area contributed by atoms with Crippen LogP contribution in [-0.4, -0.2) is 44.5 Å². The lowest BCUT2D eigenvalue weighted by molar-refractivity contribution is -0.117. The standard InChI is InChI=1S/C12H19N3O/c1-13-8-9-15(2)10-12(16)14-11-6-4-3-5-7-11/h3-7,13H,8-10H2,1-2H3,(H,14,16). The molecule has 0 heterocycles. The van der Waals surface area contributed by atoms with Crippen LogP contribution in [0.3, 0.4) is 0 Å². The second kappa shape index (κ2) is 6.98. The number of benzene rings is 1. The minimum absolute atomic E-state index is 0.0183. The maximum absolute atomic E-state index is 11.6. The fraction of sp³-hybridized carbons (Fsp3) is 0.417. The van der Waals surface area contributed by atoms with Crippen LogP contribution in [0.4, 0.5) is 5.69 Å². The van der Waals surface area contributed by atoms with Crippen LogP contribution in [0, 0.1) is 0 Å². The average molecular weight is 221 g/mol. The summed E-state index contributed by atoms with van der Waals surface area (Å²) in [5.41, 5.74) is 0.842. The monoisotopic (exact) mass is 221 g/mol. The van der Waals surface area contributed by atoms with Gasteiger partial charge in [-0.3, -0.25) is 9.69 Å². The summed E-state index contributed by atoms with van der Waals surface area (Å²) >= 11 is 0. The quantitative estimate of drug-likeness (QED) is 0.746. The molecule has 0 fully saturated rings. The second-order valence-electron chi connectivity index (χ2n) is 3.76. The molecule has 88 valence electrons. The van der Waals surface area contributed by atoms with Gasteiger partial charge in [0.1, 0.15) is 0 Å². The Balaban J connectivity index is 2.31. The number of nitrogens with zero attached hydrogens (tertiary/aromatic N) is 1. The van der Waals surface area contributed by atoms with E-state index in [0.29, 0.717) is 6.54 Å². The number of likely N-dealkylation sites (N-methyl/N-ethyl adjacent to an activating group) is 2. The molecule has 0 saturated heterocycles. The summed E-state index contributed by atoms with van der Waals surface area (Å²) in [7, 11) is 3.83. The molecule has 0 unspecified atom stereocenters. The van der Waals surface area contributed by atoms with Crippen LogP contribution in [0.15, 0.2) is 30.3 Å². The van der Waals surface area contributed by atoms with Gasteiger partial charge >= 0.3 is 0 Å². The number of carbonyl (C=O) groups excluding carboxylic acids is 1. The Morgan fingerprint density at radius 2 is 2.00 bits per heavy atom. The molecule has 4 nitrogen and oxygen atoms in total. The summed E-state index contributed by atoms with van der Waals surface area (Å²) in [6, 6.07) is 9.49. The van der Waals surface area contributed by atoms with E-state index in [1.807, 2.05) is 49.3 Å². The number of hydrogen-bond donors (Lipinski definition) is 2. The van der Waals surface area contributed by atoms with Crippen LogP contribution in [-0.2, 0) is 4.79 Å². The normalized spacial score (nSPS) is 10.4. The third-order valence-corrected chi connectivity index (χ3v) is 2.21. The van der Waals surface area contributed by atoms with E-state index in [2.05, 4.69) is 10.6 Å². The van der Waals surface area contributed by atoms with E-state index in [9.17, 15) is 4.79 Å². The van der Waals surface area contributed by atoms with Crippen molar-refractivity contribution < 1.29 is 4.79 Å². The molecule has 16 heavy (non-hydrogen) atoms. The predicted molar refractivity (Wildman–Crippen MR) is 66.5 cm³/mol. The molecule has 1 aromatic rings. The van der Waals surface area contributed by atoms with E-state index in [0.717, 1.165) is 18.8 Å². The highest BCUT2D eigenvalue weighted by molar-refractivity contribution is 5.92. The summed E-state index contributed by atoms with van der Waals surface area (Å²) in [5.74, 6) is 0.0183. The number of carbonyl (C=O) groups is 1. The molecule has 0 aromatic heterocycles. The molecule has 0 atom stereocenters. The minimum atomic E-state index is 0.0183.